The fourth-order valence-corrected chi connectivity index (χ4v) is 1.60. The van der Waals surface area contributed by atoms with Crippen LogP contribution in [0.2, 0.25) is 0 Å². The Bertz CT molecular complexity index is 207. The molecule has 16 heavy (non-hydrogen) atoms. The smallest absolute Gasteiger partial charge is 0.318 e. The topological polar surface area (TPSA) is 72.8 Å². The zero-order valence-corrected chi connectivity index (χ0v) is 10.5. The van der Waals surface area contributed by atoms with Gasteiger partial charge in [0, 0.05) is 23.2 Å². The highest BCUT2D eigenvalue weighted by Crippen LogP contribution is 1.90. The summed E-state index contributed by atoms with van der Waals surface area (Å²) in [6, 6.07) is 0. The maximum absolute atomic E-state index is 11.1. The molecule has 0 amide bonds. The van der Waals surface area contributed by atoms with Crippen molar-refractivity contribution in [3.63, 3.8) is 0 Å². The second kappa shape index (κ2) is 11.0. The zero-order chi connectivity index (χ0) is 12.2. The van der Waals surface area contributed by atoms with Crippen LogP contribution in [0.25, 0.3) is 0 Å². The van der Waals surface area contributed by atoms with E-state index in [1.165, 1.54) is 0 Å². The Morgan fingerprint density at radius 3 is 2.69 bits per heavy atom. The number of aliphatic hydroxyl groups excluding tert-OH is 1. The van der Waals surface area contributed by atoms with Crippen molar-refractivity contribution in [3.8, 4) is 0 Å². The van der Waals surface area contributed by atoms with Gasteiger partial charge in [-0.05, 0) is 6.42 Å². The third kappa shape index (κ3) is 10.1. The summed E-state index contributed by atoms with van der Waals surface area (Å²) < 4.78 is 21.0. The molecule has 1 N–H and O–H groups in total. The van der Waals surface area contributed by atoms with Crippen LogP contribution in [-0.4, -0.2) is 53.2 Å². The van der Waals surface area contributed by atoms with Gasteiger partial charge < -0.3 is 14.6 Å². The van der Waals surface area contributed by atoms with Gasteiger partial charge >= 0.3 is 5.97 Å². The summed E-state index contributed by atoms with van der Waals surface area (Å²) in [5.74, 6) is -0.552. The molecule has 1 unspecified atom stereocenters. The van der Waals surface area contributed by atoms with Gasteiger partial charge in [-0.1, -0.05) is 13.3 Å². The highest BCUT2D eigenvalue weighted by molar-refractivity contribution is 7.85. The van der Waals surface area contributed by atoms with Crippen molar-refractivity contribution < 1.29 is 23.6 Å². The molecule has 0 aliphatic rings. The van der Waals surface area contributed by atoms with E-state index in [9.17, 15) is 9.00 Å². The van der Waals surface area contributed by atoms with Gasteiger partial charge in [-0.25, -0.2) is 0 Å². The average Bonchev–Trinajstić information content (AvgIpc) is 2.23. The molecule has 0 aromatic heterocycles. The third-order valence-corrected chi connectivity index (χ3v) is 2.93. The Kier molecular flexibility index (Phi) is 10.7. The Balaban J connectivity index is 3.33. The van der Waals surface area contributed by atoms with Gasteiger partial charge in [0.25, 0.3) is 0 Å². The largest absolute Gasteiger partial charge is 0.463 e. The highest BCUT2D eigenvalue weighted by Gasteiger charge is 2.08. The van der Waals surface area contributed by atoms with E-state index in [1.54, 1.807) is 0 Å². The van der Waals surface area contributed by atoms with E-state index >= 15 is 0 Å². The van der Waals surface area contributed by atoms with Crippen LogP contribution in [-0.2, 0) is 25.1 Å². The molecule has 0 heterocycles. The molecule has 0 aliphatic carbocycles. The lowest BCUT2D eigenvalue weighted by molar-refractivity contribution is -0.142. The minimum absolute atomic E-state index is 0.113. The van der Waals surface area contributed by atoms with Crippen LogP contribution < -0.4 is 0 Å². The van der Waals surface area contributed by atoms with Crippen LogP contribution in [0, 0.1) is 0 Å². The monoisotopic (exact) mass is 252 g/mol. The number of hydrogen-bond donors (Lipinski definition) is 1. The van der Waals surface area contributed by atoms with Crippen molar-refractivity contribution in [2.45, 2.75) is 19.8 Å². The van der Waals surface area contributed by atoms with Crippen LogP contribution in [0.15, 0.2) is 0 Å². The molecule has 6 heteroatoms. The molecule has 96 valence electrons. The van der Waals surface area contributed by atoms with Crippen molar-refractivity contribution >= 4 is 16.8 Å². The number of ether oxygens (including phenoxy) is 2. The molecule has 0 aliphatic heterocycles. The molecule has 0 bridgehead atoms. The summed E-state index contributed by atoms with van der Waals surface area (Å²) >= 11 is 0. The number of hydrogen-bond acceptors (Lipinski definition) is 5. The van der Waals surface area contributed by atoms with E-state index in [0.29, 0.717) is 13.2 Å². The lowest BCUT2D eigenvalue weighted by atomic mass is 10.4. The highest BCUT2D eigenvalue weighted by atomic mass is 32.2. The normalized spacial score (nSPS) is 12.4. The summed E-state index contributed by atoms with van der Waals surface area (Å²) in [6.45, 7) is 3.13. The first-order chi connectivity index (χ1) is 7.70. The lowest BCUT2D eigenvalue weighted by Crippen LogP contribution is -2.19. The maximum atomic E-state index is 11.1. The van der Waals surface area contributed by atoms with E-state index in [2.05, 4.69) is 6.92 Å². The Morgan fingerprint density at radius 2 is 2.06 bits per heavy atom. The summed E-state index contributed by atoms with van der Waals surface area (Å²) in [6.07, 6.45) is 2.06. The molecule has 0 radical (unpaired) electrons. The fraction of sp³-hybridized carbons (Fsp3) is 0.900. The van der Waals surface area contributed by atoms with Crippen LogP contribution in [0.5, 0.6) is 0 Å². The molecule has 0 fully saturated rings. The Morgan fingerprint density at radius 1 is 1.31 bits per heavy atom. The molecule has 0 rings (SSSR count). The minimum Gasteiger partial charge on any atom is -0.463 e. The molecule has 0 aromatic carbocycles. The predicted molar refractivity (Wildman–Crippen MR) is 61.6 cm³/mol. The number of unbranched alkanes of at least 4 members (excludes halogenated alkanes) is 1. The average molecular weight is 252 g/mol. The van der Waals surface area contributed by atoms with Crippen molar-refractivity contribution in [3.05, 3.63) is 0 Å². The fourth-order valence-electron chi connectivity index (χ4n) is 0.910. The SMILES string of the molecule is CCCCOCCOC(=O)CS(=O)CCO. The van der Waals surface area contributed by atoms with Crippen molar-refractivity contribution in [1.29, 1.82) is 0 Å². The number of aliphatic hydroxyl groups is 1. The van der Waals surface area contributed by atoms with Crippen LogP contribution in [0.1, 0.15) is 19.8 Å². The molecule has 0 saturated carbocycles. The predicted octanol–water partition coefficient (Wildman–Crippen LogP) is 0.0873. The number of rotatable bonds is 10. The van der Waals surface area contributed by atoms with Gasteiger partial charge in [-0.2, -0.15) is 0 Å². The second-order valence-corrected chi connectivity index (χ2v) is 4.77. The first-order valence-corrected chi connectivity index (χ1v) is 6.88. The van der Waals surface area contributed by atoms with Gasteiger partial charge in [0.1, 0.15) is 12.4 Å². The molecule has 0 saturated heterocycles. The van der Waals surface area contributed by atoms with Gasteiger partial charge in [-0.15, -0.1) is 0 Å². The minimum atomic E-state index is -1.33. The van der Waals surface area contributed by atoms with Crippen molar-refractivity contribution in [2.24, 2.45) is 0 Å². The maximum Gasteiger partial charge on any atom is 0.318 e. The lowest BCUT2D eigenvalue weighted by Gasteiger charge is -2.05. The van der Waals surface area contributed by atoms with Gasteiger partial charge in [0.05, 0.1) is 13.2 Å². The molecular weight excluding hydrogens is 232 g/mol. The Hall–Kier alpha value is -0.460. The molecule has 1 atom stereocenters. The van der Waals surface area contributed by atoms with Gasteiger partial charge in [0.2, 0.25) is 0 Å². The Labute approximate surface area is 98.6 Å². The first kappa shape index (κ1) is 15.5. The summed E-state index contributed by atoms with van der Waals surface area (Å²) in [5, 5.41) is 8.48. The molecule has 0 aromatic rings. The number of esters is 1. The van der Waals surface area contributed by atoms with Gasteiger partial charge in [0.15, 0.2) is 0 Å². The number of carbonyl (C=O) groups excluding carboxylic acids is 1. The van der Waals surface area contributed by atoms with Crippen molar-refractivity contribution in [1.82, 2.24) is 0 Å². The number of carbonyl (C=O) groups is 1. The quantitative estimate of drug-likeness (QED) is 0.440. The molecular formula is C10H20O5S. The second-order valence-electron chi connectivity index (χ2n) is 3.20. The van der Waals surface area contributed by atoms with E-state index in [4.69, 9.17) is 14.6 Å². The van der Waals surface area contributed by atoms with Crippen LogP contribution in [0.3, 0.4) is 0 Å². The summed E-state index contributed by atoms with van der Waals surface area (Å²) in [4.78, 5) is 11.1. The van der Waals surface area contributed by atoms with E-state index < -0.39 is 16.8 Å². The standard InChI is InChI=1S/C10H20O5S/c1-2-3-5-14-6-7-15-10(12)9-16(13)8-4-11/h11H,2-9H2,1H3. The summed E-state index contributed by atoms with van der Waals surface area (Å²) in [5.41, 5.74) is 0. The van der Waals surface area contributed by atoms with Crippen LogP contribution in [0.4, 0.5) is 0 Å². The van der Waals surface area contributed by atoms with Crippen molar-refractivity contribution in [2.75, 3.05) is 37.9 Å². The van der Waals surface area contributed by atoms with E-state index in [-0.39, 0.29) is 24.7 Å². The van der Waals surface area contributed by atoms with E-state index in [1.807, 2.05) is 0 Å². The first-order valence-electron chi connectivity index (χ1n) is 5.40. The third-order valence-electron chi connectivity index (χ3n) is 1.73. The summed E-state index contributed by atoms with van der Waals surface area (Å²) in [7, 11) is -1.33. The van der Waals surface area contributed by atoms with Gasteiger partial charge in [-0.3, -0.25) is 9.00 Å². The molecule has 5 nitrogen and oxygen atoms in total. The van der Waals surface area contributed by atoms with E-state index in [0.717, 1.165) is 12.8 Å². The molecule has 0 spiro atoms. The zero-order valence-electron chi connectivity index (χ0n) is 9.65. The van der Waals surface area contributed by atoms with Crippen LogP contribution >= 0.6 is 0 Å².